The number of aliphatic carboxylic acids is 2. The topological polar surface area (TPSA) is 112 Å². The van der Waals surface area contributed by atoms with Crippen LogP contribution in [0.5, 0.6) is 0 Å². The molecular weight excluding hydrogens is 216 g/mol. The van der Waals surface area contributed by atoms with E-state index in [1.807, 2.05) is 0 Å². The molecule has 0 unspecified atom stereocenters. The number of aliphatic hydroxyl groups is 1. The summed E-state index contributed by atoms with van der Waals surface area (Å²) in [7, 11) is 0. The number of hydrogen-bond acceptors (Lipinski definition) is 4. The van der Waals surface area contributed by atoms with Crippen molar-refractivity contribution in [3.05, 3.63) is 22.9 Å². The molecule has 0 heterocycles. The molecule has 0 aliphatic heterocycles. The summed E-state index contributed by atoms with van der Waals surface area (Å²) in [6.07, 6.45) is 0.816. The van der Waals surface area contributed by atoms with Crippen LogP contribution in [0, 0.1) is 0 Å². The first kappa shape index (κ1) is 12.2. The van der Waals surface area contributed by atoms with E-state index in [4.69, 9.17) is 26.9 Å². The number of hydrogen-bond donors (Lipinski definition) is 3. The molecule has 0 saturated carbocycles. The Hall–Kier alpha value is -1.82. The van der Waals surface area contributed by atoms with Crippen LogP contribution in [0.1, 0.15) is 0 Å². The minimum absolute atomic E-state index is 0.341. The van der Waals surface area contributed by atoms with Crippen LogP contribution in [-0.2, 0) is 14.4 Å². The molecule has 76 valence electrons. The number of carbonyl (C=O) groups excluding carboxylic acids is 1. The molecule has 0 aromatic rings. The van der Waals surface area contributed by atoms with E-state index < -0.39 is 28.5 Å². The first-order chi connectivity index (χ1) is 6.34. The minimum Gasteiger partial charge on any atom is -0.502 e. The zero-order valence-corrected chi connectivity index (χ0v) is 7.35. The van der Waals surface area contributed by atoms with Crippen LogP contribution in [0.15, 0.2) is 22.9 Å². The molecule has 0 amide bonds. The van der Waals surface area contributed by atoms with Gasteiger partial charge in [0.2, 0.25) is 5.76 Å². The van der Waals surface area contributed by atoms with Gasteiger partial charge in [0.05, 0.1) is 0 Å². The third kappa shape index (κ3) is 4.27. The molecule has 14 heavy (non-hydrogen) atoms. The lowest BCUT2D eigenvalue weighted by Gasteiger charge is -1.90. The van der Waals surface area contributed by atoms with Crippen molar-refractivity contribution in [1.82, 2.24) is 0 Å². The number of aliphatic hydroxyl groups excluding tert-OH is 1. The van der Waals surface area contributed by atoms with E-state index in [1.165, 1.54) is 0 Å². The Morgan fingerprint density at radius 2 is 1.43 bits per heavy atom. The third-order valence-electron chi connectivity index (χ3n) is 0.971. The first-order valence-corrected chi connectivity index (χ1v) is 3.50. The van der Waals surface area contributed by atoms with Gasteiger partial charge in [0, 0.05) is 12.2 Å². The van der Waals surface area contributed by atoms with E-state index in [-0.39, 0.29) is 0 Å². The molecule has 0 rings (SSSR count). The average Bonchev–Trinajstić information content (AvgIpc) is 2.03. The minimum atomic E-state index is -1.70. The number of ketones is 1. The second-order valence-corrected chi connectivity index (χ2v) is 2.44. The van der Waals surface area contributed by atoms with E-state index in [0.29, 0.717) is 12.2 Å². The SMILES string of the molecule is O=C(C=C(Cl)C(=O)O)/C=C(\O)C(=O)O. The zero-order valence-electron chi connectivity index (χ0n) is 6.60. The number of carbonyl (C=O) groups is 3. The van der Waals surface area contributed by atoms with Crippen LogP contribution in [-0.4, -0.2) is 33.0 Å². The van der Waals surface area contributed by atoms with E-state index >= 15 is 0 Å². The van der Waals surface area contributed by atoms with E-state index in [1.54, 1.807) is 0 Å². The van der Waals surface area contributed by atoms with Gasteiger partial charge in [-0.1, -0.05) is 11.6 Å². The van der Waals surface area contributed by atoms with Gasteiger partial charge in [-0.05, 0) is 0 Å². The maximum Gasteiger partial charge on any atom is 0.371 e. The highest BCUT2D eigenvalue weighted by molar-refractivity contribution is 6.42. The summed E-state index contributed by atoms with van der Waals surface area (Å²) >= 11 is 5.06. The standard InChI is InChI=1S/C7H5ClO6/c8-4(6(11)12)1-3(9)2-5(10)7(13)14/h1-2,10H,(H,11,12)(H,13,14)/b4-1?,5-2-. The van der Waals surface area contributed by atoms with Gasteiger partial charge in [0.15, 0.2) is 5.78 Å². The van der Waals surface area contributed by atoms with Crippen molar-refractivity contribution in [3.63, 3.8) is 0 Å². The molecule has 0 radical (unpaired) electrons. The number of carboxylic acid groups (broad SMARTS) is 2. The van der Waals surface area contributed by atoms with E-state index in [9.17, 15) is 14.4 Å². The van der Waals surface area contributed by atoms with Crippen molar-refractivity contribution < 1.29 is 29.7 Å². The lowest BCUT2D eigenvalue weighted by Crippen LogP contribution is -2.03. The zero-order chi connectivity index (χ0) is 11.3. The number of rotatable bonds is 4. The van der Waals surface area contributed by atoms with Crippen LogP contribution in [0.2, 0.25) is 0 Å². The Morgan fingerprint density at radius 3 is 1.79 bits per heavy atom. The molecule has 0 spiro atoms. The Balaban J connectivity index is 4.69. The summed E-state index contributed by atoms with van der Waals surface area (Å²) in [4.78, 5) is 30.9. The van der Waals surface area contributed by atoms with Gasteiger partial charge in [0.1, 0.15) is 5.03 Å². The monoisotopic (exact) mass is 220 g/mol. The van der Waals surface area contributed by atoms with Gasteiger partial charge >= 0.3 is 11.9 Å². The Bertz CT molecular complexity index is 308. The van der Waals surface area contributed by atoms with Crippen LogP contribution in [0.3, 0.4) is 0 Å². The van der Waals surface area contributed by atoms with Crippen molar-refractivity contribution >= 4 is 29.3 Å². The summed E-state index contributed by atoms with van der Waals surface area (Å²) in [6, 6.07) is 0. The van der Waals surface area contributed by atoms with Crippen LogP contribution in [0.25, 0.3) is 0 Å². The fourth-order valence-corrected chi connectivity index (χ4v) is 0.532. The van der Waals surface area contributed by atoms with Crippen molar-refractivity contribution in [2.45, 2.75) is 0 Å². The average molecular weight is 221 g/mol. The Kier molecular flexibility index (Phi) is 4.37. The van der Waals surface area contributed by atoms with Crippen LogP contribution < -0.4 is 0 Å². The molecule has 0 saturated heterocycles. The molecule has 0 aromatic heterocycles. The number of halogens is 1. The van der Waals surface area contributed by atoms with Gasteiger partial charge in [-0.2, -0.15) is 0 Å². The molecular formula is C7H5ClO6. The van der Waals surface area contributed by atoms with Crippen LogP contribution in [0.4, 0.5) is 0 Å². The van der Waals surface area contributed by atoms with Gasteiger partial charge in [-0.3, -0.25) is 4.79 Å². The largest absolute Gasteiger partial charge is 0.502 e. The third-order valence-corrected chi connectivity index (χ3v) is 1.24. The Labute approximate surface area is 82.7 Å². The van der Waals surface area contributed by atoms with Gasteiger partial charge in [0.25, 0.3) is 0 Å². The number of allylic oxidation sites excluding steroid dienone is 2. The second-order valence-electron chi connectivity index (χ2n) is 2.03. The fourth-order valence-electron chi connectivity index (χ4n) is 0.425. The highest BCUT2D eigenvalue weighted by Crippen LogP contribution is 2.01. The molecule has 0 aliphatic carbocycles. The quantitative estimate of drug-likeness (QED) is 0.464. The smallest absolute Gasteiger partial charge is 0.371 e. The lowest BCUT2D eigenvalue weighted by atomic mass is 10.3. The highest BCUT2D eigenvalue weighted by Gasteiger charge is 2.08. The summed E-state index contributed by atoms with van der Waals surface area (Å²) in [5.74, 6) is -5.44. The Morgan fingerprint density at radius 1 is 0.929 bits per heavy atom. The normalized spacial score (nSPS) is 12.4. The second kappa shape index (κ2) is 5.03. The fraction of sp³-hybridized carbons (Fsp3) is 0. The maximum absolute atomic E-state index is 10.7. The summed E-state index contributed by atoms with van der Waals surface area (Å²) in [5.41, 5.74) is 0. The highest BCUT2D eigenvalue weighted by atomic mass is 35.5. The predicted molar refractivity (Wildman–Crippen MR) is 44.9 cm³/mol. The molecule has 0 bridgehead atoms. The molecule has 0 atom stereocenters. The molecule has 0 aromatic carbocycles. The van der Waals surface area contributed by atoms with E-state index in [0.717, 1.165) is 0 Å². The van der Waals surface area contributed by atoms with Gasteiger partial charge in [-0.15, -0.1) is 0 Å². The summed E-state index contributed by atoms with van der Waals surface area (Å²) in [6.45, 7) is 0. The summed E-state index contributed by atoms with van der Waals surface area (Å²) < 4.78 is 0. The molecule has 6 nitrogen and oxygen atoms in total. The van der Waals surface area contributed by atoms with Crippen molar-refractivity contribution in [2.75, 3.05) is 0 Å². The number of carboxylic acids is 2. The van der Waals surface area contributed by atoms with Crippen molar-refractivity contribution in [3.8, 4) is 0 Å². The predicted octanol–water partition coefficient (Wildman–Crippen LogP) is 0.289. The van der Waals surface area contributed by atoms with Crippen molar-refractivity contribution in [2.24, 2.45) is 0 Å². The molecule has 7 heteroatoms. The van der Waals surface area contributed by atoms with Gasteiger partial charge < -0.3 is 15.3 Å². The molecule has 3 N–H and O–H groups in total. The summed E-state index contributed by atoms with van der Waals surface area (Å²) in [5, 5.41) is 24.2. The van der Waals surface area contributed by atoms with Crippen LogP contribution >= 0.6 is 11.6 Å². The molecule has 0 aliphatic rings. The van der Waals surface area contributed by atoms with E-state index in [2.05, 4.69) is 0 Å². The van der Waals surface area contributed by atoms with Crippen molar-refractivity contribution in [1.29, 1.82) is 0 Å². The molecule has 0 fully saturated rings. The first-order valence-electron chi connectivity index (χ1n) is 3.13. The maximum atomic E-state index is 10.7. The van der Waals surface area contributed by atoms with Gasteiger partial charge in [-0.25, -0.2) is 9.59 Å². The lowest BCUT2D eigenvalue weighted by molar-refractivity contribution is -0.135.